The van der Waals surface area contributed by atoms with E-state index in [1.807, 2.05) is 0 Å². The molecule has 5 unspecified atom stereocenters. The highest BCUT2D eigenvalue weighted by Gasteiger charge is 2.48. The predicted molar refractivity (Wildman–Crippen MR) is 94.0 cm³/mol. The van der Waals surface area contributed by atoms with Crippen molar-refractivity contribution in [3.63, 3.8) is 0 Å². The highest BCUT2D eigenvalue weighted by Crippen LogP contribution is 2.54. The van der Waals surface area contributed by atoms with Gasteiger partial charge in [-0.05, 0) is 46.8 Å². The molecule has 0 heterocycles. The van der Waals surface area contributed by atoms with Gasteiger partial charge in [0, 0.05) is 0 Å². The lowest BCUT2D eigenvalue weighted by molar-refractivity contribution is -0.0556. The van der Waals surface area contributed by atoms with Crippen molar-refractivity contribution in [2.45, 2.75) is 89.0 Å². The summed E-state index contributed by atoms with van der Waals surface area (Å²) in [6.07, 6.45) is 2.68. The molecule has 0 bridgehead atoms. The van der Waals surface area contributed by atoms with E-state index in [0.29, 0.717) is 10.8 Å². The van der Waals surface area contributed by atoms with Crippen LogP contribution in [0.4, 0.5) is 0 Å². The van der Waals surface area contributed by atoms with Crippen LogP contribution in [-0.2, 0) is 0 Å². The van der Waals surface area contributed by atoms with Gasteiger partial charge in [0.1, 0.15) is 0 Å². The Labute approximate surface area is 130 Å². The molecule has 5 atom stereocenters. The second-order valence-corrected chi connectivity index (χ2v) is 9.08. The van der Waals surface area contributed by atoms with E-state index >= 15 is 0 Å². The molecule has 0 heteroatoms. The van der Waals surface area contributed by atoms with Crippen LogP contribution in [0, 0.1) is 40.4 Å². The number of hydrogen-bond acceptors (Lipinski definition) is 0. The van der Waals surface area contributed by atoms with Crippen LogP contribution in [0.5, 0.6) is 0 Å². The summed E-state index contributed by atoms with van der Waals surface area (Å²) in [5.74, 6) is 3.91. The van der Waals surface area contributed by atoms with Crippen LogP contribution >= 0.6 is 0 Å². The molecule has 122 valence electrons. The first-order valence-electron chi connectivity index (χ1n) is 8.89. The summed E-state index contributed by atoms with van der Waals surface area (Å²) in [6.45, 7) is 26.9. The normalized spacial score (nSPS) is 22.2. The SMILES string of the molecule is CCC(C)CC(C)C(C)C(C)(C(C)C(C)C)C(C)(C)C. The Kier molecular flexibility index (Phi) is 7.32. The zero-order valence-corrected chi connectivity index (χ0v) is 16.3. The largest absolute Gasteiger partial charge is 0.0651 e. The zero-order valence-electron chi connectivity index (χ0n) is 16.3. The molecule has 0 saturated heterocycles. The Morgan fingerprint density at radius 3 is 1.50 bits per heavy atom. The first-order chi connectivity index (χ1) is 8.89. The number of rotatable bonds is 7. The minimum Gasteiger partial charge on any atom is -0.0651 e. The molecule has 0 rings (SSSR count). The Balaban J connectivity index is 5.34. The van der Waals surface area contributed by atoms with Crippen molar-refractivity contribution < 1.29 is 0 Å². The molecular weight excluding hydrogens is 240 g/mol. The second kappa shape index (κ2) is 7.32. The summed E-state index contributed by atoms with van der Waals surface area (Å²) >= 11 is 0. The minimum atomic E-state index is 0.347. The fourth-order valence-corrected chi connectivity index (χ4v) is 4.07. The second-order valence-electron chi connectivity index (χ2n) is 9.08. The van der Waals surface area contributed by atoms with Crippen molar-refractivity contribution in [2.24, 2.45) is 40.4 Å². The lowest BCUT2D eigenvalue weighted by Crippen LogP contribution is -2.47. The maximum Gasteiger partial charge on any atom is -0.0221 e. The topological polar surface area (TPSA) is 0 Å². The van der Waals surface area contributed by atoms with Crippen LogP contribution in [0.15, 0.2) is 0 Å². The Morgan fingerprint density at radius 1 is 0.750 bits per heavy atom. The average Bonchev–Trinajstić information content (AvgIpc) is 2.33. The highest BCUT2D eigenvalue weighted by atomic mass is 14.5. The van der Waals surface area contributed by atoms with Gasteiger partial charge in [0.05, 0.1) is 0 Å². The molecule has 0 radical (unpaired) electrons. The van der Waals surface area contributed by atoms with Gasteiger partial charge in [-0.15, -0.1) is 0 Å². The first-order valence-corrected chi connectivity index (χ1v) is 8.89. The van der Waals surface area contributed by atoms with Crippen LogP contribution < -0.4 is 0 Å². The van der Waals surface area contributed by atoms with E-state index in [1.165, 1.54) is 12.8 Å². The third kappa shape index (κ3) is 4.25. The smallest absolute Gasteiger partial charge is 0.0221 e. The fourth-order valence-electron chi connectivity index (χ4n) is 4.07. The lowest BCUT2D eigenvalue weighted by Gasteiger charge is -2.54. The third-order valence-electron chi connectivity index (χ3n) is 6.83. The van der Waals surface area contributed by atoms with Crippen molar-refractivity contribution in [2.75, 3.05) is 0 Å². The Bertz CT molecular complexity index is 270. The van der Waals surface area contributed by atoms with Crippen molar-refractivity contribution in [3.05, 3.63) is 0 Å². The van der Waals surface area contributed by atoms with Gasteiger partial charge in [0.2, 0.25) is 0 Å². The van der Waals surface area contributed by atoms with Crippen LogP contribution in [0.25, 0.3) is 0 Å². The molecule has 0 amide bonds. The van der Waals surface area contributed by atoms with Crippen LogP contribution in [0.3, 0.4) is 0 Å². The Hall–Kier alpha value is 0. The van der Waals surface area contributed by atoms with Crippen LogP contribution in [-0.4, -0.2) is 0 Å². The molecule has 0 aromatic carbocycles. The van der Waals surface area contributed by atoms with E-state index in [1.54, 1.807) is 0 Å². The summed E-state index contributed by atoms with van der Waals surface area (Å²) in [7, 11) is 0. The summed E-state index contributed by atoms with van der Waals surface area (Å²) in [5, 5.41) is 0. The van der Waals surface area contributed by atoms with Gasteiger partial charge in [-0.25, -0.2) is 0 Å². The summed E-state index contributed by atoms with van der Waals surface area (Å²) < 4.78 is 0. The Morgan fingerprint density at radius 2 is 1.20 bits per heavy atom. The van der Waals surface area contributed by atoms with Crippen LogP contribution in [0.1, 0.15) is 89.0 Å². The molecule has 0 aliphatic heterocycles. The van der Waals surface area contributed by atoms with Crippen molar-refractivity contribution >= 4 is 0 Å². The van der Waals surface area contributed by atoms with E-state index in [4.69, 9.17) is 0 Å². The molecule has 0 saturated carbocycles. The molecule has 0 aromatic rings. The average molecular weight is 283 g/mol. The minimum absolute atomic E-state index is 0.347. The molecule has 0 aromatic heterocycles. The molecule has 0 aliphatic carbocycles. The predicted octanol–water partition coefficient (Wildman–Crippen LogP) is 7.04. The van der Waals surface area contributed by atoms with E-state index < -0.39 is 0 Å². The van der Waals surface area contributed by atoms with E-state index in [2.05, 4.69) is 76.2 Å². The van der Waals surface area contributed by atoms with Crippen molar-refractivity contribution in [3.8, 4) is 0 Å². The van der Waals surface area contributed by atoms with E-state index in [-0.39, 0.29) is 0 Å². The quantitative estimate of drug-likeness (QED) is 0.470. The molecular formula is C20H42. The monoisotopic (exact) mass is 282 g/mol. The van der Waals surface area contributed by atoms with Gasteiger partial charge in [0.25, 0.3) is 0 Å². The van der Waals surface area contributed by atoms with Crippen LogP contribution in [0.2, 0.25) is 0 Å². The molecule has 0 spiro atoms. The maximum atomic E-state index is 2.55. The highest BCUT2D eigenvalue weighted by molar-refractivity contribution is 4.96. The van der Waals surface area contributed by atoms with Gasteiger partial charge in [0.15, 0.2) is 0 Å². The summed E-state index contributed by atoms with van der Waals surface area (Å²) in [6, 6.07) is 0. The zero-order chi connectivity index (χ0) is 16.3. The van der Waals surface area contributed by atoms with E-state index in [0.717, 1.165) is 29.6 Å². The maximum absolute atomic E-state index is 2.55. The van der Waals surface area contributed by atoms with Gasteiger partial charge in [-0.2, -0.15) is 0 Å². The van der Waals surface area contributed by atoms with E-state index in [9.17, 15) is 0 Å². The molecule has 0 nitrogen and oxygen atoms in total. The van der Waals surface area contributed by atoms with Crippen molar-refractivity contribution in [1.82, 2.24) is 0 Å². The first kappa shape index (κ1) is 20.0. The molecule has 0 N–H and O–H groups in total. The van der Waals surface area contributed by atoms with Gasteiger partial charge in [-0.1, -0.05) is 82.6 Å². The third-order valence-corrected chi connectivity index (χ3v) is 6.83. The van der Waals surface area contributed by atoms with Gasteiger partial charge in [-0.3, -0.25) is 0 Å². The number of hydrogen-bond donors (Lipinski definition) is 0. The summed E-state index contributed by atoms with van der Waals surface area (Å²) in [5.41, 5.74) is 0.730. The molecule has 0 fully saturated rings. The standard InChI is InChI=1S/C20H42/c1-12-15(4)13-16(5)18(7)20(11,19(8,9)10)17(6)14(2)3/h14-18H,12-13H2,1-11H3. The molecule has 0 aliphatic rings. The van der Waals surface area contributed by atoms with Gasteiger partial charge < -0.3 is 0 Å². The summed E-state index contributed by atoms with van der Waals surface area (Å²) in [4.78, 5) is 0. The van der Waals surface area contributed by atoms with Gasteiger partial charge >= 0.3 is 0 Å². The molecule has 20 heavy (non-hydrogen) atoms. The van der Waals surface area contributed by atoms with Crippen molar-refractivity contribution in [1.29, 1.82) is 0 Å². The fraction of sp³-hybridized carbons (Fsp3) is 1.00. The lowest BCUT2D eigenvalue weighted by atomic mass is 9.51.